The van der Waals surface area contributed by atoms with Crippen molar-refractivity contribution < 1.29 is 4.74 Å². The predicted octanol–water partition coefficient (Wildman–Crippen LogP) is 4.20. The molecule has 106 valence electrons. The molecule has 2 aromatic rings. The van der Waals surface area contributed by atoms with E-state index in [1.165, 1.54) is 5.56 Å². The SMILES string of the molecule is CCNCc1nc(Oc2ccc(CC)cc2)ccc1Cl. The summed E-state index contributed by atoms with van der Waals surface area (Å²) in [4.78, 5) is 4.43. The number of aryl methyl sites for hydroxylation is 1. The molecule has 0 atom stereocenters. The number of hydrogen-bond acceptors (Lipinski definition) is 3. The highest BCUT2D eigenvalue weighted by Crippen LogP contribution is 2.23. The smallest absolute Gasteiger partial charge is 0.219 e. The number of pyridine rings is 1. The van der Waals surface area contributed by atoms with Crippen LogP contribution >= 0.6 is 11.6 Å². The Balaban J connectivity index is 2.11. The Labute approximate surface area is 124 Å². The summed E-state index contributed by atoms with van der Waals surface area (Å²) in [6.07, 6.45) is 1.02. The molecule has 1 heterocycles. The maximum Gasteiger partial charge on any atom is 0.219 e. The molecule has 1 aromatic carbocycles. The van der Waals surface area contributed by atoms with Crippen LogP contribution in [0.1, 0.15) is 25.1 Å². The van der Waals surface area contributed by atoms with E-state index in [4.69, 9.17) is 16.3 Å². The monoisotopic (exact) mass is 290 g/mol. The Morgan fingerprint density at radius 2 is 1.85 bits per heavy atom. The van der Waals surface area contributed by atoms with E-state index in [1.807, 2.05) is 25.1 Å². The quantitative estimate of drug-likeness (QED) is 0.866. The summed E-state index contributed by atoms with van der Waals surface area (Å²) in [5, 5.41) is 3.86. The van der Waals surface area contributed by atoms with Crippen LogP contribution in [0.3, 0.4) is 0 Å². The molecule has 0 bridgehead atoms. The summed E-state index contributed by atoms with van der Waals surface area (Å²) in [5.41, 5.74) is 2.09. The molecule has 0 spiro atoms. The summed E-state index contributed by atoms with van der Waals surface area (Å²) in [5.74, 6) is 1.35. The van der Waals surface area contributed by atoms with Crippen molar-refractivity contribution in [3.05, 3.63) is 52.7 Å². The maximum absolute atomic E-state index is 6.12. The van der Waals surface area contributed by atoms with Gasteiger partial charge in [-0.15, -0.1) is 0 Å². The molecule has 0 unspecified atom stereocenters. The number of ether oxygens (including phenoxy) is 1. The highest BCUT2D eigenvalue weighted by molar-refractivity contribution is 6.31. The van der Waals surface area contributed by atoms with Crippen molar-refractivity contribution >= 4 is 11.6 Å². The molecule has 20 heavy (non-hydrogen) atoms. The van der Waals surface area contributed by atoms with Crippen molar-refractivity contribution in [2.24, 2.45) is 0 Å². The Morgan fingerprint density at radius 3 is 2.50 bits per heavy atom. The van der Waals surface area contributed by atoms with Crippen molar-refractivity contribution in [2.45, 2.75) is 26.8 Å². The van der Waals surface area contributed by atoms with Crippen LogP contribution in [-0.2, 0) is 13.0 Å². The highest BCUT2D eigenvalue weighted by Gasteiger charge is 2.05. The molecule has 3 nitrogen and oxygen atoms in total. The van der Waals surface area contributed by atoms with Crippen LogP contribution < -0.4 is 10.1 Å². The summed E-state index contributed by atoms with van der Waals surface area (Å²) < 4.78 is 5.76. The van der Waals surface area contributed by atoms with E-state index < -0.39 is 0 Å². The number of halogens is 1. The van der Waals surface area contributed by atoms with Crippen molar-refractivity contribution in [3.8, 4) is 11.6 Å². The molecule has 0 aliphatic heterocycles. The van der Waals surface area contributed by atoms with Crippen molar-refractivity contribution in [1.29, 1.82) is 0 Å². The lowest BCUT2D eigenvalue weighted by Crippen LogP contribution is -2.13. The van der Waals surface area contributed by atoms with E-state index in [0.29, 0.717) is 17.4 Å². The average Bonchev–Trinajstić information content (AvgIpc) is 2.48. The molecule has 0 aliphatic carbocycles. The first-order valence-electron chi connectivity index (χ1n) is 6.85. The van der Waals surface area contributed by atoms with Gasteiger partial charge in [0.25, 0.3) is 0 Å². The predicted molar refractivity (Wildman–Crippen MR) is 82.5 cm³/mol. The van der Waals surface area contributed by atoms with Crippen LogP contribution in [0, 0.1) is 0 Å². The van der Waals surface area contributed by atoms with Crippen LogP contribution in [0.2, 0.25) is 5.02 Å². The molecular weight excluding hydrogens is 272 g/mol. The number of aromatic nitrogens is 1. The fourth-order valence-corrected chi connectivity index (χ4v) is 1.97. The Morgan fingerprint density at radius 1 is 1.10 bits per heavy atom. The summed E-state index contributed by atoms with van der Waals surface area (Å²) in [6.45, 7) is 5.69. The molecule has 0 amide bonds. The molecule has 0 fully saturated rings. The molecular formula is C16H19ClN2O. The lowest BCUT2D eigenvalue weighted by Gasteiger charge is -2.09. The van der Waals surface area contributed by atoms with Gasteiger partial charge in [-0.25, -0.2) is 4.98 Å². The molecule has 0 radical (unpaired) electrons. The number of hydrogen-bond donors (Lipinski definition) is 1. The Hall–Kier alpha value is -1.58. The largest absolute Gasteiger partial charge is 0.439 e. The third kappa shape index (κ3) is 3.95. The van der Waals surface area contributed by atoms with Crippen LogP contribution in [-0.4, -0.2) is 11.5 Å². The fourth-order valence-electron chi connectivity index (χ4n) is 1.80. The molecule has 0 saturated carbocycles. The third-order valence-electron chi connectivity index (χ3n) is 2.99. The lowest BCUT2D eigenvalue weighted by atomic mass is 10.2. The van der Waals surface area contributed by atoms with Gasteiger partial charge in [-0.2, -0.15) is 0 Å². The third-order valence-corrected chi connectivity index (χ3v) is 3.33. The Bertz CT molecular complexity index is 555. The van der Waals surface area contributed by atoms with Gasteiger partial charge in [-0.1, -0.05) is 37.6 Å². The molecule has 2 rings (SSSR count). The van der Waals surface area contributed by atoms with Crippen LogP contribution in [0.25, 0.3) is 0 Å². The van der Waals surface area contributed by atoms with Crippen LogP contribution in [0.5, 0.6) is 11.6 Å². The van der Waals surface area contributed by atoms with Crippen LogP contribution in [0.15, 0.2) is 36.4 Å². The molecule has 0 saturated heterocycles. The average molecular weight is 291 g/mol. The first-order valence-corrected chi connectivity index (χ1v) is 7.23. The number of nitrogens with one attached hydrogen (secondary N) is 1. The first-order chi connectivity index (χ1) is 9.72. The van der Waals surface area contributed by atoms with Gasteiger partial charge in [0.1, 0.15) is 5.75 Å². The minimum atomic E-state index is 0.562. The fraction of sp³-hybridized carbons (Fsp3) is 0.312. The minimum Gasteiger partial charge on any atom is -0.439 e. The second-order valence-corrected chi connectivity index (χ2v) is 4.87. The van der Waals surface area contributed by atoms with E-state index in [0.717, 1.165) is 24.4 Å². The zero-order valence-electron chi connectivity index (χ0n) is 11.8. The van der Waals surface area contributed by atoms with E-state index >= 15 is 0 Å². The van der Waals surface area contributed by atoms with Gasteiger partial charge in [-0.3, -0.25) is 0 Å². The van der Waals surface area contributed by atoms with Crippen molar-refractivity contribution in [1.82, 2.24) is 10.3 Å². The first kappa shape index (κ1) is 14.8. The van der Waals surface area contributed by atoms with Crippen LogP contribution in [0.4, 0.5) is 0 Å². The standard InChI is InChI=1S/C16H19ClN2O/c1-3-12-5-7-13(8-6-12)20-16-10-9-14(17)15(19-16)11-18-4-2/h5-10,18H,3-4,11H2,1-2H3. The van der Waals surface area contributed by atoms with Gasteiger partial charge < -0.3 is 10.1 Å². The highest BCUT2D eigenvalue weighted by atomic mass is 35.5. The van der Waals surface area contributed by atoms with Gasteiger partial charge >= 0.3 is 0 Å². The minimum absolute atomic E-state index is 0.562. The summed E-state index contributed by atoms with van der Waals surface area (Å²) >= 11 is 6.12. The molecule has 0 aliphatic rings. The van der Waals surface area contributed by atoms with Gasteiger partial charge in [0.15, 0.2) is 0 Å². The van der Waals surface area contributed by atoms with Crippen molar-refractivity contribution in [2.75, 3.05) is 6.54 Å². The molecule has 1 aromatic heterocycles. The van der Waals surface area contributed by atoms with Crippen molar-refractivity contribution in [3.63, 3.8) is 0 Å². The molecule has 4 heteroatoms. The number of nitrogens with zero attached hydrogens (tertiary/aromatic N) is 1. The van der Waals surface area contributed by atoms with E-state index in [-0.39, 0.29) is 0 Å². The van der Waals surface area contributed by atoms with E-state index in [1.54, 1.807) is 6.07 Å². The second-order valence-electron chi connectivity index (χ2n) is 4.46. The zero-order valence-corrected chi connectivity index (χ0v) is 12.6. The Kier molecular flexibility index (Phi) is 5.39. The van der Waals surface area contributed by atoms with Gasteiger partial charge in [0, 0.05) is 12.6 Å². The topological polar surface area (TPSA) is 34.2 Å². The number of benzene rings is 1. The maximum atomic E-state index is 6.12. The van der Waals surface area contributed by atoms with Gasteiger partial charge in [0.2, 0.25) is 5.88 Å². The lowest BCUT2D eigenvalue weighted by molar-refractivity contribution is 0.459. The second kappa shape index (κ2) is 7.27. The summed E-state index contributed by atoms with van der Waals surface area (Å²) in [6, 6.07) is 11.6. The number of rotatable bonds is 6. The van der Waals surface area contributed by atoms with Gasteiger partial charge in [0.05, 0.1) is 10.7 Å². The van der Waals surface area contributed by atoms with E-state index in [9.17, 15) is 0 Å². The summed E-state index contributed by atoms with van der Waals surface area (Å²) in [7, 11) is 0. The van der Waals surface area contributed by atoms with Gasteiger partial charge in [-0.05, 0) is 36.7 Å². The molecule has 1 N–H and O–H groups in total. The normalized spacial score (nSPS) is 10.6. The zero-order chi connectivity index (χ0) is 14.4. The van der Waals surface area contributed by atoms with E-state index in [2.05, 4.69) is 29.4 Å².